The zero-order valence-corrected chi connectivity index (χ0v) is 14.7. The van der Waals surface area contributed by atoms with Gasteiger partial charge in [0.05, 0.1) is 25.2 Å². The molecule has 2 heterocycles. The maximum Gasteiger partial charge on any atom is 0.226 e. The van der Waals surface area contributed by atoms with Crippen molar-refractivity contribution >= 4 is 5.91 Å². The number of piperidine rings is 1. The molecule has 1 amide bonds. The fourth-order valence-electron chi connectivity index (χ4n) is 3.80. The summed E-state index contributed by atoms with van der Waals surface area (Å²) >= 11 is 0. The molecule has 0 bridgehead atoms. The molecule has 0 radical (unpaired) electrons. The zero-order chi connectivity index (χ0) is 16.9. The van der Waals surface area contributed by atoms with Crippen LogP contribution in [-0.2, 0) is 20.9 Å². The first-order valence-electron chi connectivity index (χ1n) is 8.83. The molecule has 0 unspecified atom stereocenters. The van der Waals surface area contributed by atoms with Crippen molar-refractivity contribution in [3.05, 3.63) is 35.9 Å². The van der Waals surface area contributed by atoms with Crippen molar-refractivity contribution in [1.29, 1.82) is 0 Å². The number of amides is 1. The van der Waals surface area contributed by atoms with Crippen LogP contribution in [-0.4, -0.2) is 68.3 Å². The fourth-order valence-corrected chi connectivity index (χ4v) is 3.80. The van der Waals surface area contributed by atoms with Crippen molar-refractivity contribution in [3.63, 3.8) is 0 Å². The van der Waals surface area contributed by atoms with Gasteiger partial charge >= 0.3 is 0 Å². The van der Waals surface area contributed by atoms with Gasteiger partial charge in [0, 0.05) is 39.8 Å². The Morgan fingerprint density at radius 1 is 1.33 bits per heavy atom. The molecule has 3 rings (SSSR count). The van der Waals surface area contributed by atoms with Crippen LogP contribution in [0.1, 0.15) is 18.4 Å². The molecule has 0 N–H and O–H groups in total. The topological polar surface area (TPSA) is 42.0 Å². The summed E-state index contributed by atoms with van der Waals surface area (Å²) in [5.41, 5.74) is 1.19. The first kappa shape index (κ1) is 17.4. The van der Waals surface area contributed by atoms with Gasteiger partial charge in [-0.25, -0.2) is 0 Å². The number of ether oxygens (including phenoxy) is 2. The average molecular weight is 332 g/mol. The Balaban J connectivity index is 1.51. The normalized spacial score (nSPS) is 27.0. The highest BCUT2D eigenvalue weighted by atomic mass is 16.5. The monoisotopic (exact) mass is 332 g/mol. The molecule has 1 aromatic rings. The van der Waals surface area contributed by atoms with Crippen molar-refractivity contribution in [2.45, 2.75) is 31.6 Å². The smallest absolute Gasteiger partial charge is 0.226 e. The quantitative estimate of drug-likeness (QED) is 0.745. The van der Waals surface area contributed by atoms with Gasteiger partial charge in [-0.1, -0.05) is 30.3 Å². The van der Waals surface area contributed by atoms with E-state index < -0.39 is 0 Å². The Hall–Kier alpha value is -1.43. The molecule has 0 spiro atoms. The van der Waals surface area contributed by atoms with E-state index in [0.717, 1.165) is 32.5 Å². The lowest BCUT2D eigenvalue weighted by Crippen LogP contribution is -2.53. The van der Waals surface area contributed by atoms with Crippen molar-refractivity contribution in [2.75, 3.05) is 40.4 Å². The highest BCUT2D eigenvalue weighted by Gasteiger charge is 2.42. The van der Waals surface area contributed by atoms with Crippen molar-refractivity contribution in [3.8, 4) is 0 Å². The Labute approximate surface area is 144 Å². The van der Waals surface area contributed by atoms with Crippen LogP contribution in [0.15, 0.2) is 30.3 Å². The number of hydrogen-bond donors (Lipinski definition) is 0. The molecule has 0 saturated carbocycles. The minimum Gasteiger partial charge on any atom is -0.377 e. The van der Waals surface area contributed by atoms with E-state index >= 15 is 0 Å². The summed E-state index contributed by atoms with van der Waals surface area (Å²) in [5.74, 6) is 0.243. The van der Waals surface area contributed by atoms with E-state index in [4.69, 9.17) is 9.47 Å². The maximum atomic E-state index is 12.4. The average Bonchev–Trinajstić information content (AvgIpc) is 3.07. The Morgan fingerprint density at radius 2 is 2.12 bits per heavy atom. The molecule has 2 aliphatic heterocycles. The molecule has 24 heavy (non-hydrogen) atoms. The second-order valence-electron chi connectivity index (χ2n) is 6.96. The van der Waals surface area contributed by atoms with Gasteiger partial charge in [0.2, 0.25) is 5.91 Å². The lowest BCUT2D eigenvalue weighted by molar-refractivity contribution is -0.137. The summed E-state index contributed by atoms with van der Waals surface area (Å²) in [7, 11) is 3.66. The van der Waals surface area contributed by atoms with Gasteiger partial charge in [0.25, 0.3) is 0 Å². The first-order chi connectivity index (χ1) is 11.6. The van der Waals surface area contributed by atoms with Crippen molar-refractivity contribution in [2.24, 2.45) is 5.92 Å². The minimum atomic E-state index is 0.0356. The van der Waals surface area contributed by atoms with Gasteiger partial charge < -0.3 is 14.4 Å². The van der Waals surface area contributed by atoms with E-state index in [0.29, 0.717) is 19.3 Å². The van der Waals surface area contributed by atoms with E-state index in [2.05, 4.69) is 17.0 Å². The maximum absolute atomic E-state index is 12.4. The molecule has 2 fully saturated rings. The van der Waals surface area contributed by atoms with Gasteiger partial charge in [0.15, 0.2) is 0 Å². The van der Waals surface area contributed by atoms with Crippen LogP contribution in [0.3, 0.4) is 0 Å². The van der Waals surface area contributed by atoms with Gasteiger partial charge in [-0.15, -0.1) is 0 Å². The van der Waals surface area contributed by atoms with E-state index in [-0.39, 0.29) is 17.9 Å². The van der Waals surface area contributed by atoms with Crippen molar-refractivity contribution < 1.29 is 14.3 Å². The van der Waals surface area contributed by atoms with Gasteiger partial charge in [-0.2, -0.15) is 0 Å². The Morgan fingerprint density at radius 3 is 2.88 bits per heavy atom. The summed E-state index contributed by atoms with van der Waals surface area (Å²) in [6.07, 6.45) is 2.11. The zero-order valence-electron chi connectivity index (χ0n) is 14.7. The Bertz CT molecular complexity index is 535. The van der Waals surface area contributed by atoms with Gasteiger partial charge in [0.1, 0.15) is 0 Å². The highest BCUT2D eigenvalue weighted by Crippen LogP contribution is 2.31. The lowest BCUT2D eigenvalue weighted by atomic mass is 9.89. The number of likely N-dealkylation sites (tertiary alicyclic amines) is 1. The third-order valence-corrected chi connectivity index (χ3v) is 5.04. The largest absolute Gasteiger partial charge is 0.377 e. The molecule has 3 atom stereocenters. The summed E-state index contributed by atoms with van der Waals surface area (Å²) < 4.78 is 11.7. The lowest BCUT2D eigenvalue weighted by Gasteiger charge is -2.40. The fraction of sp³-hybridized carbons (Fsp3) is 0.632. The number of carbonyl (C=O) groups is 1. The summed E-state index contributed by atoms with van der Waals surface area (Å²) in [4.78, 5) is 16.5. The van der Waals surface area contributed by atoms with Gasteiger partial charge in [-0.05, 0) is 18.4 Å². The number of rotatable bonds is 6. The number of hydrogen-bond acceptors (Lipinski definition) is 4. The standard InChI is InChI=1S/C19H28N2O3/c1-20(2)19(22)16-12-18-17(8-10-24-18)21(13-16)9-11-23-14-15-6-4-3-5-7-15/h3-7,16-18H,8-14H2,1-2H3/t16-,17+,18+/m0/s1. The molecular weight excluding hydrogens is 304 g/mol. The minimum absolute atomic E-state index is 0.0356. The van der Waals surface area contributed by atoms with E-state index in [1.165, 1.54) is 5.56 Å². The van der Waals surface area contributed by atoms with E-state index in [1.807, 2.05) is 32.3 Å². The number of fused-ring (bicyclic) bond motifs is 1. The molecule has 5 nitrogen and oxygen atoms in total. The summed E-state index contributed by atoms with van der Waals surface area (Å²) in [6, 6.07) is 10.7. The highest BCUT2D eigenvalue weighted by molar-refractivity contribution is 5.78. The molecule has 5 heteroatoms. The summed E-state index contributed by atoms with van der Waals surface area (Å²) in [6.45, 7) is 3.80. The predicted molar refractivity (Wildman–Crippen MR) is 92.6 cm³/mol. The second kappa shape index (κ2) is 8.10. The van der Waals surface area contributed by atoms with Crippen LogP contribution in [0.2, 0.25) is 0 Å². The molecule has 0 aromatic heterocycles. The Kier molecular flexibility index (Phi) is 5.87. The number of nitrogens with zero attached hydrogens (tertiary/aromatic N) is 2. The third kappa shape index (κ3) is 4.15. The van der Waals surface area contributed by atoms with Crippen molar-refractivity contribution in [1.82, 2.24) is 9.80 Å². The van der Waals surface area contributed by atoms with Crippen LogP contribution >= 0.6 is 0 Å². The second-order valence-corrected chi connectivity index (χ2v) is 6.96. The molecular formula is C19H28N2O3. The van der Waals surface area contributed by atoms with Crippen LogP contribution in [0, 0.1) is 5.92 Å². The van der Waals surface area contributed by atoms with E-state index in [9.17, 15) is 4.79 Å². The SMILES string of the molecule is CN(C)C(=O)[C@H]1C[C@H]2OCC[C@H]2N(CCOCc2ccccc2)C1. The van der Waals surface area contributed by atoms with Crippen LogP contribution in [0.4, 0.5) is 0 Å². The van der Waals surface area contributed by atoms with Crippen LogP contribution in [0.5, 0.6) is 0 Å². The molecule has 0 aliphatic carbocycles. The molecule has 2 aliphatic rings. The van der Waals surface area contributed by atoms with Gasteiger partial charge in [-0.3, -0.25) is 9.69 Å². The molecule has 2 saturated heterocycles. The predicted octanol–water partition coefficient (Wildman–Crippen LogP) is 1.77. The first-order valence-corrected chi connectivity index (χ1v) is 8.83. The van der Waals surface area contributed by atoms with E-state index in [1.54, 1.807) is 4.90 Å². The number of carbonyl (C=O) groups excluding carboxylic acids is 1. The third-order valence-electron chi connectivity index (χ3n) is 5.04. The van der Waals surface area contributed by atoms with Crippen LogP contribution < -0.4 is 0 Å². The molecule has 1 aromatic carbocycles. The molecule has 132 valence electrons. The summed E-state index contributed by atoms with van der Waals surface area (Å²) in [5, 5.41) is 0. The van der Waals surface area contributed by atoms with Crippen LogP contribution in [0.25, 0.3) is 0 Å². The number of benzene rings is 1.